The zero-order valence-electron chi connectivity index (χ0n) is 7.07. The van der Waals surface area contributed by atoms with Gasteiger partial charge in [-0.3, -0.25) is 9.59 Å². The van der Waals surface area contributed by atoms with Crippen molar-refractivity contribution in [3.8, 4) is 5.75 Å². The molecule has 13 heavy (non-hydrogen) atoms. The van der Waals surface area contributed by atoms with Crippen molar-refractivity contribution in [1.82, 2.24) is 0 Å². The van der Waals surface area contributed by atoms with Crippen LogP contribution in [0.2, 0.25) is 0 Å². The van der Waals surface area contributed by atoms with Crippen LogP contribution in [0.15, 0.2) is 18.2 Å². The summed E-state index contributed by atoms with van der Waals surface area (Å²) >= 11 is 0. The normalized spacial score (nSPS) is 9.31. The molecule has 68 valence electrons. The third-order valence-electron chi connectivity index (χ3n) is 1.60. The number of amides is 1. The summed E-state index contributed by atoms with van der Waals surface area (Å²) in [6, 6.07) is 4.19. The molecule has 4 nitrogen and oxygen atoms in total. The number of anilines is 1. The van der Waals surface area contributed by atoms with Crippen LogP contribution in [0.5, 0.6) is 5.75 Å². The summed E-state index contributed by atoms with van der Waals surface area (Å²) in [4.78, 5) is 21.2. The Morgan fingerprint density at radius 1 is 1.54 bits per heavy atom. The maximum absolute atomic E-state index is 11.0. The molecule has 1 amide bonds. The molecule has 0 fully saturated rings. The van der Waals surface area contributed by atoms with Crippen molar-refractivity contribution >= 4 is 17.9 Å². The van der Waals surface area contributed by atoms with Gasteiger partial charge in [0.25, 0.3) is 0 Å². The van der Waals surface area contributed by atoms with E-state index in [9.17, 15) is 9.59 Å². The highest BCUT2D eigenvalue weighted by Gasteiger charge is 2.06. The van der Waals surface area contributed by atoms with Crippen LogP contribution in [0.25, 0.3) is 0 Å². The van der Waals surface area contributed by atoms with Crippen molar-refractivity contribution in [2.75, 3.05) is 5.32 Å². The standard InChI is InChI=1S/C9H9NO3/c1-6(12)8-4-7(13)2-3-9(8)10-5-11/h2-5,13H,1H3,(H,10,11). The Labute approximate surface area is 75.2 Å². The highest BCUT2D eigenvalue weighted by molar-refractivity contribution is 6.01. The zero-order valence-corrected chi connectivity index (χ0v) is 7.07. The fourth-order valence-electron chi connectivity index (χ4n) is 1.01. The van der Waals surface area contributed by atoms with Crippen LogP contribution in [-0.4, -0.2) is 17.3 Å². The second kappa shape index (κ2) is 3.71. The molecule has 0 atom stereocenters. The van der Waals surface area contributed by atoms with Gasteiger partial charge in [0, 0.05) is 5.56 Å². The van der Waals surface area contributed by atoms with Crippen LogP contribution in [0.1, 0.15) is 17.3 Å². The molecule has 0 saturated heterocycles. The number of carbonyl (C=O) groups excluding carboxylic acids is 2. The monoisotopic (exact) mass is 179 g/mol. The number of hydrogen-bond donors (Lipinski definition) is 2. The largest absolute Gasteiger partial charge is 0.508 e. The van der Waals surface area contributed by atoms with Crippen molar-refractivity contribution in [3.63, 3.8) is 0 Å². The molecule has 0 aliphatic rings. The molecule has 0 aliphatic carbocycles. The summed E-state index contributed by atoms with van der Waals surface area (Å²) in [6.07, 6.45) is 0.485. The summed E-state index contributed by atoms with van der Waals surface area (Å²) in [5, 5.41) is 11.5. The molecular formula is C9H9NO3. The number of rotatable bonds is 3. The second-order valence-electron chi connectivity index (χ2n) is 2.55. The lowest BCUT2D eigenvalue weighted by atomic mass is 10.1. The molecule has 0 unspecified atom stereocenters. The Bertz CT molecular complexity index is 347. The first kappa shape index (κ1) is 9.25. The van der Waals surface area contributed by atoms with Crippen LogP contribution in [0.3, 0.4) is 0 Å². The lowest BCUT2D eigenvalue weighted by Crippen LogP contribution is -2.02. The van der Waals surface area contributed by atoms with Gasteiger partial charge < -0.3 is 10.4 Å². The summed E-state index contributed by atoms with van der Waals surface area (Å²) in [7, 11) is 0. The maximum atomic E-state index is 11.0. The highest BCUT2D eigenvalue weighted by atomic mass is 16.3. The van der Waals surface area contributed by atoms with E-state index in [1.807, 2.05) is 0 Å². The number of hydrogen-bond acceptors (Lipinski definition) is 3. The summed E-state index contributed by atoms with van der Waals surface area (Å²) in [6.45, 7) is 1.37. The summed E-state index contributed by atoms with van der Waals surface area (Å²) < 4.78 is 0. The van der Waals surface area contributed by atoms with Gasteiger partial charge in [-0.25, -0.2) is 0 Å². The second-order valence-corrected chi connectivity index (χ2v) is 2.55. The Kier molecular flexibility index (Phi) is 2.64. The maximum Gasteiger partial charge on any atom is 0.211 e. The fourth-order valence-corrected chi connectivity index (χ4v) is 1.01. The van der Waals surface area contributed by atoms with Gasteiger partial charge >= 0.3 is 0 Å². The van der Waals surface area contributed by atoms with E-state index < -0.39 is 0 Å². The molecule has 1 aromatic carbocycles. The Morgan fingerprint density at radius 3 is 2.77 bits per heavy atom. The first-order chi connectivity index (χ1) is 6.15. The van der Waals surface area contributed by atoms with Crippen LogP contribution in [0.4, 0.5) is 5.69 Å². The van der Waals surface area contributed by atoms with Gasteiger partial charge in [-0.15, -0.1) is 0 Å². The third kappa shape index (κ3) is 2.05. The van der Waals surface area contributed by atoms with Gasteiger partial charge in [0.1, 0.15) is 5.75 Å². The minimum absolute atomic E-state index is 0.00153. The number of phenols is 1. The first-order valence-electron chi connectivity index (χ1n) is 3.69. The average Bonchev–Trinajstić information content (AvgIpc) is 2.08. The van der Waals surface area contributed by atoms with Crippen molar-refractivity contribution in [2.24, 2.45) is 0 Å². The quantitative estimate of drug-likeness (QED) is 0.415. The fraction of sp³-hybridized carbons (Fsp3) is 0.111. The topological polar surface area (TPSA) is 66.4 Å². The van der Waals surface area contributed by atoms with Gasteiger partial charge in [0.2, 0.25) is 6.41 Å². The molecule has 1 rings (SSSR count). The number of phenolic OH excluding ortho intramolecular Hbond substituents is 1. The first-order valence-corrected chi connectivity index (χ1v) is 3.69. The van der Waals surface area contributed by atoms with Crippen molar-refractivity contribution in [3.05, 3.63) is 23.8 Å². The Morgan fingerprint density at radius 2 is 2.23 bits per heavy atom. The number of benzene rings is 1. The molecular weight excluding hydrogens is 170 g/mol. The number of carbonyl (C=O) groups is 2. The predicted molar refractivity (Wildman–Crippen MR) is 47.8 cm³/mol. The van der Waals surface area contributed by atoms with Crippen LogP contribution in [-0.2, 0) is 4.79 Å². The van der Waals surface area contributed by atoms with Crippen LogP contribution in [0, 0.1) is 0 Å². The highest BCUT2D eigenvalue weighted by Crippen LogP contribution is 2.20. The Hall–Kier alpha value is -1.84. The minimum Gasteiger partial charge on any atom is -0.508 e. The van der Waals surface area contributed by atoms with E-state index in [4.69, 9.17) is 5.11 Å². The lowest BCUT2D eigenvalue weighted by molar-refractivity contribution is -0.105. The van der Waals surface area contributed by atoms with E-state index in [0.717, 1.165) is 0 Å². The van der Waals surface area contributed by atoms with Gasteiger partial charge in [0.05, 0.1) is 5.69 Å². The number of aromatic hydroxyl groups is 1. The van der Waals surface area contributed by atoms with Crippen LogP contribution >= 0.6 is 0 Å². The SMILES string of the molecule is CC(=O)c1cc(O)ccc1NC=O. The van der Waals surface area contributed by atoms with Crippen molar-refractivity contribution < 1.29 is 14.7 Å². The van der Waals surface area contributed by atoms with E-state index >= 15 is 0 Å². The molecule has 0 aliphatic heterocycles. The van der Waals surface area contributed by atoms with E-state index in [-0.39, 0.29) is 11.5 Å². The molecule has 2 N–H and O–H groups in total. The molecule has 0 spiro atoms. The van der Waals surface area contributed by atoms with Crippen molar-refractivity contribution in [1.29, 1.82) is 0 Å². The Balaban J connectivity index is 3.17. The van der Waals surface area contributed by atoms with E-state index in [1.165, 1.54) is 25.1 Å². The molecule has 4 heteroatoms. The smallest absolute Gasteiger partial charge is 0.211 e. The zero-order chi connectivity index (χ0) is 9.84. The summed E-state index contributed by atoms with van der Waals surface area (Å²) in [5.41, 5.74) is 0.701. The molecule has 0 radical (unpaired) electrons. The van der Waals surface area contributed by atoms with Gasteiger partial charge in [-0.05, 0) is 25.1 Å². The molecule has 0 heterocycles. The third-order valence-corrected chi connectivity index (χ3v) is 1.60. The van der Waals surface area contributed by atoms with E-state index in [1.54, 1.807) is 0 Å². The van der Waals surface area contributed by atoms with Crippen molar-refractivity contribution in [2.45, 2.75) is 6.92 Å². The number of nitrogens with one attached hydrogen (secondary N) is 1. The van der Waals surface area contributed by atoms with E-state index in [2.05, 4.69) is 5.32 Å². The number of Topliss-reactive ketones (excluding diaryl/α,β-unsaturated/α-hetero) is 1. The lowest BCUT2D eigenvalue weighted by Gasteiger charge is -2.04. The molecule has 0 aromatic heterocycles. The van der Waals surface area contributed by atoms with Gasteiger partial charge in [0.15, 0.2) is 5.78 Å². The molecule has 0 bridgehead atoms. The van der Waals surface area contributed by atoms with E-state index in [0.29, 0.717) is 17.7 Å². The van der Waals surface area contributed by atoms with Gasteiger partial charge in [-0.2, -0.15) is 0 Å². The summed E-state index contributed by atoms with van der Waals surface area (Å²) in [5.74, 6) is -0.207. The average molecular weight is 179 g/mol. The van der Waals surface area contributed by atoms with Crippen LogP contribution < -0.4 is 5.32 Å². The number of ketones is 1. The molecule has 0 saturated carbocycles. The molecule has 1 aromatic rings. The van der Waals surface area contributed by atoms with Gasteiger partial charge in [-0.1, -0.05) is 0 Å². The predicted octanol–water partition coefficient (Wildman–Crippen LogP) is 1.16. The minimum atomic E-state index is -0.208.